The van der Waals surface area contributed by atoms with Crippen molar-refractivity contribution in [3.63, 3.8) is 0 Å². The van der Waals surface area contributed by atoms with Gasteiger partial charge in [-0.15, -0.1) is 11.3 Å². The highest BCUT2D eigenvalue weighted by Gasteiger charge is 2.27. The molecule has 2 aromatic heterocycles. The van der Waals surface area contributed by atoms with Gasteiger partial charge in [-0.25, -0.2) is 0 Å². The molecular weight excluding hydrogens is 806 g/mol. The molecule has 0 saturated heterocycles. The number of rotatable bonds is 11. The van der Waals surface area contributed by atoms with Crippen molar-refractivity contribution in [3.8, 4) is 0 Å². The molecule has 0 fully saturated rings. The van der Waals surface area contributed by atoms with E-state index in [1.807, 2.05) is 23.3 Å². The van der Waals surface area contributed by atoms with E-state index in [9.17, 15) is 9.59 Å². The summed E-state index contributed by atoms with van der Waals surface area (Å²) >= 11 is 5.29. The van der Waals surface area contributed by atoms with Crippen LogP contribution in [0.2, 0.25) is 0 Å². The van der Waals surface area contributed by atoms with Crippen LogP contribution in [0.25, 0.3) is 21.9 Å². The number of para-hydroxylation sites is 2. The summed E-state index contributed by atoms with van der Waals surface area (Å²) in [7, 11) is 0. The van der Waals surface area contributed by atoms with Crippen molar-refractivity contribution in [1.29, 1.82) is 0 Å². The highest BCUT2D eigenvalue weighted by atomic mass is 127. The van der Waals surface area contributed by atoms with Crippen molar-refractivity contribution in [1.82, 2.24) is 4.57 Å². The van der Waals surface area contributed by atoms with Crippen LogP contribution in [-0.2, 0) is 22.6 Å². The SMILES string of the molecule is CCOC(=O)CCCCCn1c(=O)/c(=C2\C=C3C=C(/C=C4\Sc5ccccc5N4CC)CCC3CC2)s/c1=C\c1sc2ccccc2[n+]1CC.[I-]. The molecule has 6 nitrogen and oxygen atoms in total. The first-order chi connectivity index (χ1) is 24.5. The summed E-state index contributed by atoms with van der Waals surface area (Å²) in [6.45, 7) is 9.10. The third kappa shape index (κ3) is 8.19. The van der Waals surface area contributed by atoms with E-state index in [2.05, 4.69) is 96.1 Å². The number of benzene rings is 2. The van der Waals surface area contributed by atoms with Gasteiger partial charge in [0.15, 0.2) is 0 Å². The average Bonchev–Trinajstić information content (AvgIpc) is 3.77. The predicted octanol–water partition coefficient (Wildman–Crippen LogP) is 5.07. The van der Waals surface area contributed by atoms with Gasteiger partial charge in [0, 0.05) is 30.5 Å². The van der Waals surface area contributed by atoms with E-state index in [1.54, 1.807) is 22.7 Å². The van der Waals surface area contributed by atoms with Crippen LogP contribution < -0.4 is 48.2 Å². The summed E-state index contributed by atoms with van der Waals surface area (Å²) in [6.07, 6.45) is 16.5. The molecule has 0 saturated carbocycles. The largest absolute Gasteiger partial charge is 1.00 e. The molecule has 0 N–H and O–H groups in total. The number of carbonyl (C=O) groups is 1. The molecule has 2 aromatic carbocycles. The number of hydrogen-bond acceptors (Lipinski definition) is 7. The minimum Gasteiger partial charge on any atom is -1.00 e. The number of ether oxygens (including phenoxy) is 1. The van der Waals surface area contributed by atoms with Gasteiger partial charge in [-0.2, -0.15) is 4.57 Å². The van der Waals surface area contributed by atoms with Crippen molar-refractivity contribution >= 4 is 68.0 Å². The Morgan fingerprint density at radius 1 is 0.961 bits per heavy atom. The zero-order chi connectivity index (χ0) is 34.6. The highest BCUT2D eigenvalue weighted by Crippen LogP contribution is 2.47. The number of esters is 1. The minimum absolute atomic E-state index is 0. The topological polar surface area (TPSA) is 55.4 Å². The zero-order valence-electron chi connectivity index (χ0n) is 29.7. The van der Waals surface area contributed by atoms with Gasteiger partial charge < -0.3 is 33.6 Å². The molecular formula is C41H46IN3O3S3. The van der Waals surface area contributed by atoms with Crippen LogP contribution in [0.4, 0.5) is 5.69 Å². The first kappa shape index (κ1) is 37.8. The van der Waals surface area contributed by atoms with Gasteiger partial charge in [0.05, 0.1) is 27.9 Å². The summed E-state index contributed by atoms with van der Waals surface area (Å²) in [5, 5.41) is 2.46. The van der Waals surface area contributed by atoms with Gasteiger partial charge in [-0.05, 0) is 106 Å². The maximum Gasteiger partial charge on any atom is 0.305 e. The molecule has 0 spiro atoms. The number of thioether (sulfide) groups is 1. The Balaban J connectivity index is 0.00000448. The van der Waals surface area contributed by atoms with Crippen LogP contribution in [0.1, 0.15) is 77.1 Å². The number of halogens is 1. The molecule has 0 bridgehead atoms. The lowest BCUT2D eigenvalue weighted by Gasteiger charge is -2.28. The fourth-order valence-corrected chi connectivity index (χ4v) is 11.0. The predicted molar refractivity (Wildman–Crippen MR) is 209 cm³/mol. The normalized spacial score (nSPS) is 19.1. The summed E-state index contributed by atoms with van der Waals surface area (Å²) < 4.78 is 12.6. The number of thiazole rings is 2. The van der Waals surface area contributed by atoms with Gasteiger partial charge >= 0.3 is 5.97 Å². The number of aromatic nitrogens is 2. The Hall–Kier alpha value is -2.93. The number of fused-ring (bicyclic) bond motifs is 3. The Bertz CT molecular complexity index is 2190. The van der Waals surface area contributed by atoms with E-state index in [4.69, 9.17) is 4.74 Å². The fourth-order valence-electron chi connectivity index (χ4n) is 7.41. The Morgan fingerprint density at radius 3 is 2.59 bits per heavy atom. The second kappa shape index (κ2) is 17.3. The monoisotopic (exact) mass is 851 g/mol. The molecule has 268 valence electrons. The van der Waals surface area contributed by atoms with Crippen LogP contribution in [0.5, 0.6) is 0 Å². The molecule has 3 aliphatic rings. The number of allylic oxidation sites excluding steroid dienone is 5. The lowest BCUT2D eigenvalue weighted by Crippen LogP contribution is -3.00. The number of nitrogens with zero attached hydrogens (tertiary/aromatic N) is 3. The molecule has 0 radical (unpaired) electrons. The second-order valence-electron chi connectivity index (χ2n) is 13.1. The average molecular weight is 852 g/mol. The molecule has 1 aliphatic heterocycles. The molecule has 7 rings (SSSR count). The van der Waals surface area contributed by atoms with Crippen LogP contribution in [0.3, 0.4) is 0 Å². The van der Waals surface area contributed by atoms with Crippen molar-refractivity contribution in [3.05, 3.63) is 107 Å². The summed E-state index contributed by atoms with van der Waals surface area (Å²) in [5.41, 5.74) is 6.55. The lowest BCUT2D eigenvalue weighted by atomic mass is 9.77. The lowest BCUT2D eigenvalue weighted by molar-refractivity contribution is -0.665. The zero-order valence-corrected chi connectivity index (χ0v) is 34.3. The molecule has 3 heterocycles. The third-order valence-electron chi connectivity index (χ3n) is 9.94. The van der Waals surface area contributed by atoms with Crippen LogP contribution in [0.15, 0.2) is 92.6 Å². The van der Waals surface area contributed by atoms with E-state index >= 15 is 0 Å². The first-order valence-electron chi connectivity index (χ1n) is 18.2. The van der Waals surface area contributed by atoms with Crippen LogP contribution in [-0.4, -0.2) is 23.7 Å². The third-order valence-corrected chi connectivity index (χ3v) is 13.4. The summed E-state index contributed by atoms with van der Waals surface area (Å²) in [5.74, 6) is 0.405. The number of anilines is 1. The van der Waals surface area contributed by atoms with Crippen molar-refractivity contribution in [2.45, 2.75) is 90.1 Å². The Morgan fingerprint density at radius 2 is 1.76 bits per heavy atom. The van der Waals surface area contributed by atoms with E-state index in [0.717, 1.165) is 72.2 Å². The fraction of sp³-hybridized carbons (Fsp3) is 0.390. The van der Waals surface area contributed by atoms with Gasteiger partial charge in [-0.3, -0.25) is 14.2 Å². The Kier molecular flexibility index (Phi) is 12.8. The first-order valence-corrected chi connectivity index (χ1v) is 20.6. The van der Waals surface area contributed by atoms with Crippen LogP contribution in [0, 0.1) is 5.92 Å². The number of carbonyl (C=O) groups excluding carboxylic acids is 1. The second-order valence-corrected chi connectivity index (χ2v) is 16.3. The van der Waals surface area contributed by atoms with Crippen molar-refractivity contribution in [2.75, 3.05) is 18.1 Å². The van der Waals surface area contributed by atoms with E-state index < -0.39 is 0 Å². The molecule has 1 atom stereocenters. The van der Waals surface area contributed by atoms with Gasteiger partial charge in [0.1, 0.15) is 15.9 Å². The van der Waals surface area contributed by atoms with Crippen molar-refractivity contribution in [2.24, 2.45) is 5.92 Å². The number of aryl methyl sites for hydroxylation is 1. The Labute approximate surface area is 329 Å². The molecule has 4 aromatic rings. The standard InChI is InChI=1S/C41H46N3O3S3.HI/c1-4-42-32-14-9-11-16-34(32)48-36(42)25-28-19-20-29-21-22-30(26-31(29)24-28)40-41(46)44(23-13-7-8-18-39(45)47-6-3)38(50-40)27-37-43(5-2)33-15-10-12-17-35(33)49-37;/h9-12,14-17,24-27,29H,4-8,13,18-23H2,1-3H3;1H/q+1;/p-1/b36-25-,40-30+;. The maximum atomic E-state index is 14.3. The van der Waals surface area contributed by atoms with E-state index in [-0.39, 0.29) is 35.5 Å². The summed E-state index contributed by atoms with van der Waals surface area (Å²) in [6, 6.07) is 17.2. The highest BCUT2D eigenvalue weighted by molar-refractivity contribution is 8.03. The molecule has 0 amide bonds. The number of unbranched alkanes of at least 4 members (excludes halogenated alkanes) is 2. The van der Waals surface area contributed by atoms with Crippen molar-refractivity contribution < 1.29 is 38.1 Å². The minimum atomic E-state index is -0.142. The molecule has 2 aliphatic carbocycles. The van der Waals surface area contributed by atoms with Gasteiger partial charge in [0.25, 0.3) is 10.6 Å². The van der Waals surface area contributed by atoms with Crippen LogP contribution >= 0.6 is 34.4 Å². The smallest absolute Gasteiger partial charge is 0.305 e. The van der Waals surface area contributed by atoms with Gasteiger partial charge in [-0.1, -0.05) is 65.9 Å². The molecule has 1 unspecified atom stereocenters. The maximum absolute atomic E-state index is 14.3. The summed E-state index contributed by atoms with van der Waals surface area (Å²) in [4.78, 5) is 29.9. The van der Waals surface area contributed by atoms with E-state index in [1.165, 1.54) is 42.5 Å². The molecule has 10 heteroatoms. The number of hydrogen-bond donors (Lipinski definition) is 0. The van der Waals surface area contributed by atoms with Gasteiger partial charge in [0.2, 0.25) is 5.52 Å². The molecule has 51 heavy (non-hydrogen) atoms. The van der Waals surface area contributed by atoms with E-state index in [0.29, 0.717) is 25.5 Å². The quantitative estimate of drug-likeness (QED) is 0.0915.